The van der Waals surface area contributed by atoms with Gasteiger partial charge in [0.05, 0.1) is 0 Å². The molecule has 1 unspecified atom stereocenters. The maximum absolute atomic E-state index is 6.26. The third-order valence-corrected chi connectivity index (χ3v) is 3.95. The fourth-order valence-electron chi connectivity index (χ4n) is 2.27. The van der Waals surface area contributed by atoms with E-state index >= 15 is 0 Å². The van der Waals surface area contributed by atoms with Gasteiger partial charge in [-0.15, -0.1) is 0 Å². The average Bonchev–Trinajstić information content (AvgIpc) is 2.34. The molecular weight excluding hydrogens is 298 g/mol. The lowest BCUT2D eigenvalue weighted by atomic mass is 9.97. The molecule has 0 heterocycles. The summed E-state index contributed by atoms with van der Waals surface area (Å²) in [5.74, 6) is 0. The zero-order valence-corrected chi connectivity index (χ0v) is 13.1. The minimum Gasteiger partial charge on any atom is -0.327 e. The molecule has 2 aromatic carbocycles. The van der Waals surface area contributed by atoms with Crippen LogP contribution in [-0.2, 0) is 12.8 Å². The SMILES string of the molecule is Cc1ccc(CC(N)Cc2cccc(Br)c2)cc1C. The number of hydrogen-bond donors (Lipinski definition) is 1. The quantitative estimate of drug-likeness (QED) is 0.899. The maximum Gasteiger partial charge on any atom is 0.0178 e. The van der Waals surface area contributed by atoms with E-state index in [2.05, 4.69) is 66.2 Å². The molecule has 1 nitrogen and oxygen atoms in total. The van der Waals surface area contributed by atoms with Gasteiger partial charge in [0.15, 0.2) is 0 Å². The van der Waals surface area contributed by atoms with Gasteiger partial charge in [0.25, 0.3) is 0 Å². The number of benzene rings is 2. The van der Waals surface area contributed by atoms with Crippen molar-refractivity contribution < 1.29 is 0 Å². The Morgan fingerprint density at radius 2 is 1.63 bits per heavy atom. The molecule has 0 aliphatic heterocycles. The third kappa shape index (κ3) is 4.19. The van der Waals surface area contributed by atoms with Crippen molar-refractivity contribution in [2.45, 2.75) is 32.7 Å². The van der Waals surface area contributed by atoms with Gasteiger partial charge in [0, 0.05) is 10.5 Å². The molecular formula is C17H20BrN. The van der Waals surface area contributed by atoms with Crippen LogP contribution in [0.3, 0.4) is 0 Å². The second-order valence-corrected chi connectivity index (χ2v) is 6.13. The summed E-state index contributed by atoms with van der Waals surface area (Å²) in [4.78, 5) is 0. The molecule has 0 aromatic heterocycles. The number of nitrogens with two attached hydrogens (primary N) is 1. The van der Waals surface area contributed by atoms with Gasteiger partial charge in [-0.3, -0.25) is 0 Å². The van der Waals surface area contributed by atoms with E-state index in [-0.39, 0.29) is 6.04 Å². The highest BCUT2D eigenvalue weighted by atomic mass is 79.9. The first-order chi connectivity index (χ1) is 9.04. The standard InChI is InChI=1S/C17H20BrN/c1-12-6-7-15(8-13(12)2)11-17(19)10-14-4-3-5-16(18)9-14/h3-9,17H,10-11,19H2,1-2H3. The summed E-state index contributed by atoms with van der Waals surface area (Å²) in [6.07, 6.45) is 1.83. The predicted molar refractivity (Wildman–Crippen MR) is 85.4 cm³/mol. The molecule has 0 aliphatic rings. The Kier molecular flexibility index (Phi) is 4.78. The van der Waals surface area contributed by atoms with E-state index in [9.17, 15) is 0 Å². The van der Waals surface area contributed by atoms with Gasteiger partial charge in [0.2, 0.25) is 0 Å². The van der Waals surface area contributed by atoms with Gasteiger partial charge in [-0.1, -0.05) is 46.3 Å². The molecule has 0 aliphatic carbocycles. The van der Waals surface area contributed by atoms with Crippen LogP contribution in [0.2, 0.25) is 0 Å². The fourth-order valence-corrected chi connectivity index (χ4v) is 2.72. The highest BCUT2D eigenvalue weighted by molar-refractivity contribution is 9.10. The van der Waals surface area contributed by atoms with E-state index in [0.717, 1.165) is 17.3 Å². The monoisotopic (exact) mass is 317 g/mol. The minimum absolute atomic E-state index is 0.163. The van der Waals surface area contributed by atoms with E-state index in [1.807, 2.05) is 6.07 Å². The van der Waals surface area contributed by atoms with Crippen LogP contribution in [0, 0.1) is 13.8 Å². The highest BCUT2D eigenvalue weighted by Gasteiger charge is 2.06. The topological polar surface area (TPSA) is 26.0 Å². The Hall–Kier alpha value is -1.12. The fraction of sp³-hybridized carbons (Fsp3) is 0.294. The molecule has 0 spiro atoms. The van der Waals surface area contributed by atoms with Crippen molar-refractivity contribution in [3.05, 3.63) is 69.2 Å². The van der Waals surface area contributed by atoms with E-state index in [0.29, 0.717) is 0 Å². The molecule has 0 fully saturated rings. The zero-order chi connectivity index (χ0) is 13.8. The van der Waals surface area contributed by atoms with Gasteiger partial charge < -0.3 is 5.73 Å². The van der Waals surface area contributed by atoms with E-state index in [4.69, 9.17) is 5.73 Å². The smallest absolute Gasteiger partial charge is 0.0178 e. The van der Waals surface area contributed by atoms with Crippen molar-refractivity contribution in [2.75, 3.05) is 0 Å². The van der Waals surface area contributed by atoms with Crippen LogP contribution in [0.25, 0.3) is 0 Å². The third-order valence-electron chi connectivity index (χ3n) is 3.46. The molecule has 0 bridgehead atoms. The Morgan fingerprint density at radius 1 is 0.947 bits per heavy atom. The summed E-state index contributed by atoms with van der Waals surface area (Å²) in [7, 11) is 0. The molecule has 0 saturated carbocycles. The van der Waals surface area contributed by atoms with Crippen LogP contribution in [0.4, 0.5) is 0 Å². The second-order valence-electron chi connectivity index (χ2n) is 5.22. The van der Waals surface area contributed by atoms with Crippen LogP contribution in [0.15, 0.2) is 46.9 Å². The van der Waals surface area contributed by atoms with Crippen LogP contribution in [-0.4, -0.2) is 6.04 Å². The summed E-state index contributed by atoms with van der Waals surface area (Å²) >= 11 is 3.50. The Morgan fingerprint density at radius 3 is 2.26 bits per heavy atom. The predicted octanol–water partition coefficient (Wildman–Crippen LogP) is 4.18. The highest BCUT2D eigenvalue weighted by Crippen LogP contribution is 2.15. The van der Waals surface area contributed by atoms with Crippen molar-refractivity contribution in [1.29, 1.82) is 0 Å². The van der Waals surface area contributed by atoms with E-state index < -0.39 is 0 Å². The number of rotatable bonds is 4. The molecule has 0 radical (unpaired) electrons. The normalized spacial score (nSPS) is 12.4. The molecule has 1 atom stereocenters. The van der Waals surface area contributed by atoms with Gasteiger partial charge >= 0.3 is 0 Å². The largest absolute Gasteiger partial charge is 0.327 e. The van der Waals surface area contributed by atoms with Crippen molar-refractivity contribution in [1.82, 2.24) is 0 Å². The minimum atomic E-state index is 0.163. The molecule has 0 saturated heterocycles. The Labute approximate surface area is 124 Å². The van der Waals surface area contributed by atoms with Crippen LogP contribution in [0.1, 0.15) is 22.3 Å². The molecule has 2 aromatic rings. The summed E-state index contributed by atoms with van der Waals surface area (Å²) in [6.45, 7) is 4.29. The van der Waals surface area contributed by atoms with Gasteiger partial charge in [-0.25, -0.2) is 0 Å². The molecule has 2 heteroatoms. The first kappa shape index (κ1) is 14.3. The lowest BCUT2D eigenvalue weighted by Gasteiger charge is -2.13. The summed E-state index contributed by atoms with van der Waals surface area (Å²) in [6, 6.07) is 15.1. The Balaban J connectivity index is 2.01. The number of aryl methyl sites for hydroxylation is 2. The van der Waals surface area contributed by atoms with Crippen molar-refractivity contribution in [3.63, 3.8) is 0 Å². The zero-order valence-electron chi connectivity index (χ0n) is 11.5. The van der Waals surface area contributed by atoms with Crippen molar-refractivity contribution >= 4 is 15.9 Å². The lowest BCUT2D eigenvalue weighted by molar-refractivity contribution is 0.664. The first-order valence-corrected chi connectivity index (χ1v) is 7.40. The summed E-state index contributed by atoms with van der Waals surface area (Å²) in [5, 5.41) is 0. The number of hydrogen-bond acceptors (Lipinski definition) is 1. The first-order valence-electron chi connectivity index (χ1n) is 6.61. The van der Waals surface area contributed by atoms with E-state index in [1.165, 1.54) is 22.3 Å². The summed E-state index contributed by atoms with van der Waals surface area (Å²) < 4.78 is 1.11. The van der Waals surface area contributed by atoms with Crippen LogP contribution < -0.4 is 5.73 Å². The van der Waals surface area contributed by atoms with Crippen molar-refractivity contribution in [2.24, 2.45) is 5.73 Å². The van der Waals surface area contributed by atoms with Crippen LogP contribution in [0.5, 0.6) is 0 Å². The summed E-state index contributed by atoms with van der Waals surface area (Å²) in [5.41, 5.74) is 11.5. The van der Waals surface area contributed by atoms with Gasteiger partial charge in [-0.2, -0.15) is 0 Å². The van der Waals surface area contributed by atoms with Gasteiger partial charge in [-0.05, 0) is 61.1 Å². The molecule has 0 amide bonds. The van der Waals surface area contributed by atoms with E-state index in [1.54, 1.807) is 0 Å². The van der Waals surface area contributed by atoms with Crippen molar-refractivity contribution in [3.8, 4) is 0 Å². The van der Waals surface area contributed by atoms with Crippen LogP contribution >= 0.6 is 15.9 Å². The molecule has 2 N–H and O–H groups in total. The maximum atomic E-state index is 6.26. The molecule has 19 heavy (non-hydrogen) atoms. The average molecular weight is 318 g/mol. The Bertz CT molecular complexity index is 563. The van der Waals surface area contributed by atoms with Gasteiger partial charge in [0.1, 0.15) is 0 Å². The molecule has 2 rings (SSSR count). The second kappa shape index (κ2) is 6.36. The lowest BCUT2D eigenvalue weighted by Crippen LogP contribution is -2.25. The molecule has 100 valence electrons. The number of halogens is 1.